The fourth-order valence-electron chi connectivity index (χ4n) is 8.27. The quantitative estimate of drug-likeness (QED) is 0.286. The lowest BCUT2D eigenvalue weighted by atomic mass is 10.1. The van der Waals surface area contributed by atoms with Crippen LogP contribution in [-0.4, -0.2) is 30.6 Å². The lowest BCUT2D eigenvalue weighted by Crippen LogP contribution is -2.75. The summed E-state index contributed by atoms with van der Waals surface area (Å²) in [5.74, 6) is 2.90. The van der Waals surface area contributed by atoms with Crippen LogP contribution in [0.3, 0.4) is 0 Å². The van der Waals surface area contributed by atoms with Gasteiger partial charge in [0, 0.05) is 43.8 Å². The standard InChI is InChI=1S/C33H18N8/c1-2-10-18-17(9-1)25-34-27-19-11-3-4-12-20(19)29-36-31-23-15-7-8-16-24(23)32-37-30-22-14-6-5-13-21(22)28-35-26(18)38(25)33(39(27)29,40(28)30)41(31)32/h1-16,25,31H. The Kier molecular flexibility index (Phi) is 2.85. The van der Waals surface area contributed by atoms with E-state index in [1.54, 1.807) is 0 Å². The average Bonchev–Trinajstić information content (AvgIpc) is 3.74. The Bertz CT molecular complexity index is 2310. The summed E-state index contributed by atoms with van der Waals surface area (Å²) in [5.41, 5.74) is 6.51. The van der Waals surface area contributed by atoms with Crippen LogP contribution in [0.4, 0.5) is 11.6 Å². The van der Waals surface area contributed by atoms with Gasteiger partial charge in [-0.05, 0) is 0 Å². The van der Waals surface area contributed by atoms with Crippen molar-refractivity contribution in [2.24, 2.45) is 20.0 Å². The van der Waals surface area contributed by atoms with Crippen LogP contribution in [-0.2, 0) is 5.91 Å². The summed E-state index contributed by atoms with van der Waals surface area (Å²) in [6.45, 7) is 0. The number of fused-ring (bicyclic) bond motifs is 12. The molecule has 8 heteroatoms. The number of nitrogens with zero attached hydrogens (tertiary/aromatic N) is 8. The van der Waals surface area contributed by atoms with Crippen molar-refractivity contribution in [1.29, 1.82) is 0 Å². The van der Waals surface area contributed by atoms with Crippen molar-refractivity contribution in [3.8, 4) is 0 Å². The number of amidine groups is 2. The molecule has 2 aromatic heterocycles. The lowest BCUT2D eigenvalue weighted by Gasteiger charge is -2.58. The first-order chi connectivity index (χ1) is 20.4. The molecule has 0 radical (unpaired) electrons. The zero-order valence-corrected chi connectivity index (χ0v) is 21.5. The van der Waals surface area contributed by atoms with Crippen LogP contribution in [0.25, 0.3) is 21.5 Å². The monoisotopic (exact) mass is 526 g/mol. The van der Waals surface area contributed by atoms with Crippen molar-refractivity contribution >= 4 is 44.9 Å². The van der Waals surface area contributed by atoms with E-state index in [2.05, 4.69) is 116 Å². The first-order valence-corrected chi connectivity index (χ1v) is 14.0. The van der Waals surface area contributed by atoms with Gasteiger partial charge in [0.1, 0.15) is 34.3 Å². The molecule has 6 aliphatic rings. The van der Waals surface area contributed by atoms with E-state index in [4.69, 9.17) is 20.0 Å². The van der Waals surface area contributed by atoms with Gasteiger partial charge < -0.3 is 0 Å². The van der Waals surface area contributed by atoms with E-state index in [0.717, 1.165) is 67.0 Å². The maximum absolute atomic E-state index is 5.51. The minimum atomic E-state index is -0.849. The van der Waals surface area contributed by atoms with Crippen molar-refractivity contribution in [3.63, 3.8) is 0 Å². The van der Waals surface area contributed by atoms with Gasteiger partial charge in [0.2, 0.25) is 0 Å². The third-order valence-corrected chi connectivity index (χ3v) is 9.73. The van der Waals surface area contributed by atoms with Crippen molar-refractivity contribution < 1.29 is 0 Å². The van der Waals surface area contributed by atoms with E-state index in [-0.39, 0.29) is 12.3 Å². The highest BCUT2D eigenvalue weighted by Gasteiger charge is 2.67. The summed E-state index contributed by atoms with van der Waals surface area (Å²) >= 11 is 0. The maximum Gasteiger partial charge on any atom is 0.298 e. The van der Waals surface area contributed by atoms with Crippen molar-refractivity contribution in [2.75, 3.05) is 0 Å². The van der Waals surface area contributed by atoms with Crippen LogP contribution < -0.4 is 11.0 Å². The molecule has 0 saturated heterocycles. The summed E-state index contributed by atoms with van der Waals surface area (Å²) in [5, 5.41) is 4.44. The van der Waals surface area contributed by atoms with E-state index in [1.807, 2.05) is 0 Å². The van der Waals surface area contributed by atoms with Crippen LogP contribution in [0, 0.1) is 0 Å². The summed E-state index contributed by atoms with van der Waals surface area (Å²) in [6.07, 6.45) is -0.478. The molecule has 6 aliphatic heterocycles. The van der Waals surface area contributed by atoms with Crippen molar-refractivity contribution in [3.05, 3.63) is 130 Å². The number of rotatable bonds is 0. The van der Waals surface area contributed by atoms with Gasteiger partial charge in [-0.1, -0.05) is 97.1 Å². The lowest BCUT2D eigenvalue weighted by molar-refractivity contribution is -0.130. The Morgan fingerprint density at radius 3 is 1.44 bits per heavy atom. The molecule has 0 N–H and O–H groups in total. The van der Waals surface area contributed by atoms with Gasteiger partial charge in [0.15, 0.2) is 12.3 Å². The van der Waals surface area contributed by atoms with Crippen molar-refractivity contribution in [2.45, 2.75) is 18.2 Å². The van der Waals surface area contributed by atoms with E-state index in [0.29, 0.717) is 0 Å². The second-order valence-corrected chi connectivity index (χ2v) is 11.4. The predicted octanol–water partition coefficient (Wildman–Crippen LogP) is 4.79. The second-order valence-electron chi connectivity index (χ2n) is 11.4. The highest BCUT2D eigenvalue weighted by Crippen LogP contribution is 2.60. The van der Waals surface area contributed by atoms with Gasteiger partial charge in [0.05, 0.1) is 0 Å². The van der Waals surface area contributed by atoms with Gasteiger partial charge in [0.25, 0.3) is 5.91 Å². The third kappa shape index (κ3) is 1.79. The summed E-state index contributed by atoms with van der Waals surface area (Å²) in [4.78, 5) is 26.8. The Labute approximate surface area is 232 Å². The Hall–Kier alpha value is -5.50. The molecule has 8 heterocycles. The van der Waals surface area contributed by atoms with Gasteiger partial charge >= 0.3 is 0 Å². The van der Waals surface area contributed by atoms with Gasteiger partial charge in [-0.25, -0.2) is 29.1 Å². The SMILES string of the molecule is c1ccc2c(c1)C1=Nc3c4ccccc4c4n3C35N1C2N=c1c2ccccc2c(n13)=NC1c2ccccc2C(=N4)N15. The maximum atomic E-state index is 5.51. The van der Waals surface area contributed by atoms with Crippen LogP contribution >= 0.6 is 0 Å². The van der Waals surface area contributed by atoms with Crippen LogP contribution in [0.5, 0.6) is 0 Å². The molecule has 0 saturated carbocycles. The number of aromatic nitrogens is 2. The van der Waals surface area contributed by atoms with Crippen LogP contribution in [0.15, 0.2) is 117 Å². The smallest absolute Gasteiger partial charge is 0.269 e. The number of hydrogen-bond acceptors (Lipinski definition) is 6. The molecule has 6 aromatic rings. The van der Waals surface area contributed by atoms with Crippen LogP contribution in [0.1, 0.15) is 34.6 Å². The van der Waals surface area contributed by atoms with Gasteiger partial charge in [-0.2, -0.15) is 0 Å². The molecule has 12 rings (SSSR count). The Morgan fingerprint density at radius 1 is 0.488 bits per heavy atom. The molecule has 190 valence electrons. The molecule has 1 spiro atoms. The second kappa shape index (κ2) is 5.97. The van der Waals surface area contributed by atoms with Crippen LogP contribution in [0.2, 0.25) is 0 Å². The minimum Gasteiger partial charge on any atom is -0.269 e. The minimum absolute atomic E-state index is 0.239. The van der Waals surface area contributed by atoms with E-state index >= 15 is 0 Å². The molecule has 0 amide bonds. The fourth-order valence-corrected chi connectivity index (χ4v) is 8.27. The van der Waals surface area contributed by atoms with E-state index in [9.17, 15) is 0 Å². The zero-order chi connectivity index (χ0) is 26.2. The molecule has 0 bridgehead atoms. The fraction of sp³-hybridized carbons (Fsp3) is 0.0909. The van der Waals surface area contributed by atoms with Gasteiger partial charge in [-0.3, -0.25) is 9.80 Å². The average molecular weight is 527 g/mol. The molecule has 4 aromatic carbocycles. The summed E-state index contributed by atoms with van der Waals surface area (Å²) < 4.78 is 4.75. The van der Waals surface area contributed by atoms with Gasteiger partial charge in [-0.15, -0.1) is 0 Å². The molecule has 0 fully saturated rings. The zero-order valence-electron chi connectivity index (χ0n) is 21.5. The molecular weight excluding hydrogens is 508 g/mol. The Balaban J connectivity index is 1.41. The first-order valence-electron chi connectivity index (χ1n) is 14.0. The number of benzene rings is 4. The third-order valence-electron chi connectivity index (χ3n) is 9.73. The van der Waals surface area contributed by atoms with E-state index < -0.39 is 5.91 Å². The highest BCUT2D eigenvalue weighted by molar-refractivity contribution is 6.14. The summed E-state index contributed by atoms with van der Waals surface area (Å²) in [6, 6.07) is 34.4. The number of aliphatic imine (C=N–C) groups is 2. The largest absolute Gasteiger partial charge is 0.298 e. The predicted molar refractivity (Wildman–Crippen MR) is 154 cm³/mol. The highest BCUT2D eigenvalue weighted by atomic mass is 15.8. The number of hydrogen-bond donors (Lipinski definition) is 0. The molecule has 2 unspecified atom stereocenters. The molecular formula is C33H18N8. The van der Waals surface area contributed by atoms with Crippen molar-refractivity contribution in [1.82, 2.24) is 18.9 Å². The molecule has 41 heavy (non-hydrogen) atoms. The molecule has 2 atom stereocenters. The topological polar surface area (TPSA) is 65.8 Å². The summed E-state index contributed by atoms with van der Waals surface area (Å²) in [7, 11) is 0. The molecule has 0 aliphatic carbocycles. The Morgan fingerprint density at radius 2 is 0.927 bits per heavy atom. The molecule has 8 nitrogen and oxygen atoms in total. The van der Waals surface area contributed by atoms with E-state index in [1.165, 1.54) is 11.1 Å². The first kappa shape index (κ1) is 19.5. The normalized spacial score (nSPS) is 24.3.